The third-order valence-corrected chi connectivity index (χ3v) is 10.6. The quantitative estimate of drug-likeness (QED) is 0.0861. The van der Waals surface area contributed by atoms with Crippen LogP contribution < -0.4 is 0 Å². The van der Waals surface area contributed by atoms with E-state index in [4.69, 9.17) is 4.42 Å². The normalized spacial score (nSPS) is 12.7. The SMILES string of the molecule is CC(C)(C)Cc1ccc(-c2sc3c(-c4[c-]c5ccccc5c(C(C)(C)C)c4)nccc3c2C(F)(F)F)o1.CCC(CC)C(=O)/C=C(\O)C(CC)CC.[Ir]. The number of ketones is 1. The minimum Gasteiger partial charge on any atom is -0.512 e. The van der Waals surface area contributed by atoms with Gasteiger partial charge in [0.25, 0.3) is 0 Å². The first-order chi connectivity index (χ1) is 24.3. The molecule has 0 aliphatic rings. The molecule has 0 amide bonds. The molecule has 5 rings (SSSR count). The standard InChI is InChI=1S/C31H29F3NOS.C13H24O2.Ir/c1-29(2,3)17-20-11-12-24(36-20)28-25(31(32,33)34)22-13-14-35-26(27(22)37-28)19-15-18-9-7-8-10-21(18)23(16-19)30(4,5)6;1-5-10(6-2)12(14)9-13(15)11(7-3)8-4;/h7-14,16H,17H2,1-6H3;9-11,14H,5-8H2,1-4H3;/q-1;;/b;12-9-;. The van der Waals surface area contributed by atoms with Crippen molar-refractivity contribution in [2.24, 2.45) is 17.3 Å². The molecule has 0 aliphatic carbocycles. The number of hydrogen-bond acceptors (Lipinski definition) is 5. The number of alkyl halides is 3. The Balaban J connectivity index is 0.000000403. The van der Waals surface area contributed by atoms with Crippen LogP contribution in [0.25, 0.3) is 42.8 Å². The maximum Gasteiger partial charge on any atom is 0.418 e. The van der Waals surface area contributed by atoms with Crippen LogP contribution in [0.4, 0.5) is 13.2 Å². The first-order valence-electron chi connectivity index (χ1n) is 18.3. The summed E-state index contributed by atoms with van der Waals surface area (Å²) in [5.41, 5.74) is 1.38. The van der Waals surface area contributed by atoms with Crippen molar-refractivity contribution in [3.8, 4) is 21.9 Å². The number of allylic oxidation sites excluding steroid dienone is 2. The van der Waals surface area contributed by atoms with Crippen molar-refractivity contribution >= 4 is 38.0 Å². The fraction of sp³-hybridized carbons (Fsp3) is 0.455. The number of halogens is 3. The van der Waals surface area contributed by atoms with E-state index in [1.165, 1.54) is 18.3 Å². The summed E-state index contributed by atoms with van der Waals surface area (Å²) in [5.74, 6) is 1.45. The summed E-state index contributed by atoms with van der Waals surface area (Å²) in [7, 11) is 0. The molecule has 0 saturated heterocycles. The summed E-state index contributed by atoms with van der Waals surface area (Å²) >= 11 is 1.08. The minimum absolute atomic E-state index is 0. The van der Waals surface area contributed by atoms with E-state index in [-0.39, 0.29) is 70.3 Å². The maximum absolute atomic E-state index is 14.5. The first-order valence-corrected chi connectivity index (χ1v) is 19.1. The fourth-order valence-corrected chi connectivity index (χ4v) is 7.83. The molecule has 0 atom stereocenters. The molecule has 0 fully saturated rings. The van der Waals surface area contributed by atoms with Crippen LogP contribution in [-0.2, 0) is 42.9 Å². The molecule has 2 aromatic carbocycles. The Morgan fingerprint density at radius 1 is 0.906 bits per heavy atom. The zero-order chi connectivity index (χ0) is 38.6. The summed E-state index contributed by atoms with van der Waals surface area (Å²) in [6.45, 7) is 20.7. The molecule has 53 heavy (non-hydrogen) atoms. The van der Waals surface area contributed by atoms with Gasteiger partial charge >= 0.3 is 6.18 Å². The van der Waals surface area contributed by atoms with Gasteiger partial charge in [0.2, 0.25) is 0 Å². The largest absolute Gasteiger partial charge is 0.512 e. The van der Waals surface area contributed by atoms with Crippen LogP contribution in [0.1, 0.15) is 112 Å². The number of rotatable bonds is 10. The molecule has 0 bridgehead atoms. The van der Waals surface area contributed by atoms with Gasteiger partial charge in [-0.05, 0) is 54.7 Å². The molecule has 4 nitrogen and oxygen atoms in total. The number of carbonyl (C=O) groups is 1. The number of aliphatic hydroxyl groups excluding tert-OH is 1. The van der Waals surface area contributed by atoms with Crippen molar-refractivity contribution in [2.75, 3.05) is 0 Å². The molecule has 289 valence electrons. The van der Waals surface area contributed by atoms with E-state index in [0.717, 1.165) is 53.4 Å². The van der Waals surface area contributed by atoms with Crippen LogP contribution >= 0.6 is 11.3 Å². The van der Waals surface area contributed by atoms with Crippen molar-refractivity contribution in [3.05, 3.63) is 89.5 Å². The maximum atomic E-state index is 14.5. The molecule has 0 unspecified atom stereocenters. The average molecular weight is 925 g/mol. The second-order valence-corrected chi connectivity index (χ2v) is 16.8. The number of pyridine rings is 1. The molecule has 1 radical (unpaired) electrons. The van der Waals surface area contributed by atoms with Gasteiger partial charge in [0, 0.05) is 66.4 Å². The van der Waals surface area contributed by atoms with Crippen LogP contribution in [-0.4, -0.2) is 15.9 Å². The second kappa shape index (κ2) is 17.9. The van der Waals surface area contributed by atoms with E-state index in [1.807, 2.05) is 52.0 Å². The van der Waals surface area contributed by atoms with Gasteiger partial charge in [0.15, 0.2) is 5.78 Å². The Morgan fingerprint density at radius 3 is 2.09 bits per heavy atom. The van der Waals surface area contributed by atoms with Crippen LogP contribution in [0.15, 0.2) is 71.0 Å². The van der Waals surface area contributed by atoms with Crippen molar-refractivity contribution < 1.29 is 47.6 Å². The van der Waals surface area contributed by atoms with E-state index >= 15 is 0 Å². The molecule has 9 heteroatoms. The number of thiophene rings is 1. The van der Waals surface area contributed by atoms with E-state index in [1.54, 1.807) is 12.1 Å². The number of fused-ring (bicyclic) bond motifs is 2. The molecule has 0 saturated carbocycles. The van der Waals surface area contributed by atoms with E-state index in [2.05, 4.69) is 58.7 Å². The van der Waals surface area contributed by atoms with Gasteiger partial charge in [-0.1, -0.05) is 98.4 Å². The first kappa shape index (κ1) is 44.1. The summed E-state index contributed by atoms with van der Waals surface area (Å²) in [4.78, 5) is 16.4. The van der Waals surface area contributed by atoms with Crippen LogP contribution in [0.2, 0.25) is 0 Å². The Bertz CT molecular complexity index is 2020. The minimum atomic E-state index is -4.55. The van der Waals surface area contributed by atoms with Gasteiger partial charge in [-0.3, -0.25) is 9.78 Å². The van der Waals surface area contributed by atoms with Gasteiger partial charge in [0.1, 0.15) is 11.5 Å². The van der Waals surface area contributed by atoms with Gasteiger partial charge in [-0.2, -0.15) is 13.2 Å². The number of aliphatic hydroxyl groups is 1. The summed E-state index contributed by atoms with van der Waals surface area (Å²) < 4.78 is 49.9. The van der Waals surface area contributed by atoms with Gasteiger partial charge in [-0.25, -0.2) is 0 Å². The predicted octanol–water partition coefficient (Wildman–Crippen LogP) is 13.9. The Labute approximate surface area is 330 Å². The number of benzene rings is 2. The number of carbonyl (C=O) groups excluding carboxylic acids is 1. The molecular formula is C44H53F3IrNO3S-. The molecule has 1 N–H and O–H groups in total. The third kappa shape index (κ3) is 10.7. The number of nitrogens with zero attached hydrogens (tertiary/aromatic N) is 1. The van der Waals surface area contributed by atoms with Crippen molar-refractivity contribution in [2.45, 2.75) is 113 Å². The second-order valence-electron chi connectivity index (χ2n) is 15.7. The smallest absolute Gasteiger partial charge is 0.418 e. The molecule has 5 aromatic rings. The van der Waals surface area contributed by atoms with Gasteiger partial charge in [-0.15, -0.1) is 40.5 Å². The zero-order valence-corrected chi connectivity index (χ0v) is 35.8. The average Bonchev–Trinajstić information content (AvgIpc) is 3.69. The van der Waals surface area contributed by atoms with Crippen molar-refractivity contribution in [1.82, 2.24) is 4.98 Å². The van der Waals surface area contributed by atoms with E-state index in [0.29, 0.717) is 28.1 Å². The summed E-state index contributed by atoms with van der Waals surface area (Å²) in [5, 5.41) is 11.9. The number of hydrogen-bond donors (Lipinski definition) is 1. The third-order valence-electron chi connectivity index (χ3n) is 9.40. The topological polar surface area (TPSA) is 63.3 Å². The van der Waals surface area contributed by atoms with Crippen LogP contribution in [0.3, 0.4) is 0 Å². The van der Waals surface area contributed by atoms with E-state index < -0.39 is 11.7 Å². The monoisotopic (exact) mass is 925 g/mol. The van der Waals surface area contributed by atoms with Crippen LogP contribution in [0.5, 0.6) is 0 Å². The van der Waals surface area contributed by atoms with Crippen LogP contribution in [0, 0.1) is 23.3 Å². The fourth-order valence-electron chi connectivity index (χ4n) is 6.55. The van der Waals surface area contributed by atoms with Crippen molar-refractivity contribution in [3.63, 3.8) is 0 Å². The molecule has 3 heterocycles. The Kier molecular flexibility index (Phi) is 14.9. The summed E-state index contributed by atoms with van der Waals surface area (Å²) in [6, 6.07) is 18.3. The molecule has 0 aliphatic heterocycles. The van der Waals surface area contributed by atoms with Crippen molar-refractivity contribution in [1.29, 1.82) is 0 Å². The molecule has 0 spiro atoms. The Morgan fingerprint density at radius 2 is 1.53 bits per heavy atom. The zero-order valence-electron chi connectivity index (χ0n) is 32.6. The van der Waals surface area contributed by atoms with Gasteiger partial charge < -0.3 is 9.52 Å². The van der Waals surface area contributed by atoms with E-state index in [9.17, 15) is 23.1 Å². The molecular weight excluding hydrogens is 872 g/mol. The molecule has 3 aromatic heterocycles. The summed E-state index contributed by atoms with van der Waals surface area (Å²) in [6.07, 6.45) is 2.44. The Hall–Kier alpha value is -3.26. The van der Waals surface area contributed by atoms with Gasteiger partial charge in [0.05, 0.1) is 16.2 Å². The predicted molar refractivity (Wildman–Crippen MR) is 210 cm³/mol. The number of aromatic nitrogens is 1. The number of furan rings is 1.